The average Bonchev–Trinajstić information content (AvgIpc) is 2.59. The standard InChI is InChI=1S/C12H20N2O3/c1-8-6-9(7-8)13-11(17)14-5-3-4-12(14,2)10(15)16/h8-9H,3-7H2,1-2H3,(H,13,17)(H,15,16). The van der Waals surface area contributed by atoms with Crippen molar-refractivity contribution in [2.75, 3.05) is 6.54 Å². The molecular weight excluding hydrogens is 220 g/mol. The first-order chi connectivity index (χ1) is 7.93. The molecule has 2 amide bonds. The Kier molecular flexibility index (Phi) is 3.02. The number of nitrogens with zero attached hydrogens (tertiary/aromatic N) is 1. The molecule has 2 N–H and O–H groups in total. The van der Waals surface area contributed by atoms with Crippen LogP contribution in [-0.4, -0.2) is 40.1 Å². The van der Waals surface area contributed by atoms with Gasteiger partial charge in [-0.05, 0) is 38.5 Å². The van der Waals surface area contributed by atoms with Gasteiger partial charge in [0.25, 0.3) is 0 Å². The molecule has 1 saturated carbocycles. The summed E-state index contributed by atoms with van der Waals surface area (Å²) in [4.78, 5) is 24.7. The van der Waals surface area contributed by atoms with Gasteiger partial charge in [-0.1, -0.05) is 6.92 Å². The highest BCUT2D eigenvalue weighted by atomic mass is 16.4. The molecule has 1 aliphatic carbocycles. The number of nitrogens with one attached hydrogen (secondary N) is 1. The number of likely N-dealkylation sites (tertiary alicyclic amines) is 1. The summed E-state index contributed by atoms with van der Waals surface area (Å²) >= 11 is 0. The van der Waals surface area contributed by atoms with E-state index in [4.69, 9.17) is 0 Å². The minimum absolute atomic E-state index is 0.218. The summed E-state index contributed by atoms with van der Waals surface area (Å²) in [6.45, 7) is 4.32. The van der Waals surface area contributed by atoms with Gasteiger partial charge >= 0.3 is 12.0 Å². The van der Waals surface area contributed by atoms with Gasteiger partial charge in [0.15, 0.2) is 0 Å². The zero-order valence-electron chi connectivity index (χ0n) is 10.4. The van der Waals surface area contributed by atoms with E-state index in [1.54, 1.807) is 6.92 Å². The predicted molar refractivity (Wildman–Crippen MR) is 62.7 cm³/mol. The minimum atomic E-state index is -1.03. The van der Waals surface area contributed by atoms with Gasteiger partial charge in [-0.2, -0.15) is 0 Å². The topological polar surface area (TPSA) is 69.6 Å². The van der Waals surface area contributed by atoms with Crippen molar-refractivity contribution in [1.29, 1.82) is 0 Å². The quantitative estimate of drug-likeness (QED) is 0.767. The molecule has 0 aromatic rings. The van der Waals surface area contributed by atoms with Crippen LogP contribution in [-0.2, 0) is 4.79 Å². The van der Waals surface area contributed by atoms with Crippen LogP contribution in [0.15, 0.2) is 0 Å². The maximum absolute atomic E-state index is 12.0. The van der Waals surface area contributed by atoms with Crippen molar-refractivity contribution in [3.8, 4) is 0 Å². The average molecular weight is 240 g/mol. The number of carboxylic acids is 1. The van der Waals surface area contributed by atoms with Gasteiger partial charge in [0.1, 0.15) is 5.54 Å². The van der Waals surface area contributed by atoms with E-state index in [2.05, 4.69) is 12.2 Å². The number of carbonyl (C=O) groups is 2. The van der Waals surface area contributed by atoms with Crippen molar-refractivity contribution in [2.24, 2.45) is 5.92 Å². The third-order valence-electron chi connectivity index (χ3n) is 4.05. The van der Waals surface area contributed by atoms with Crippen LogP contribution in [0.2, 0.25) is 0 Å². The summed E-state index contributed by atoms with van der Waals surface area (Å²) in [5, 5.41) is 12.1. The van der Waals surface area contributed by atoms with Gasteiger partial charge in [-0.3, -0.25) is 0 Å². The summed E-state index contributed by atoms with van der Waals surface area (Å²) in [6, 6.07) is 0.0143. The lowest BCUT2D eigenvalue weighted by atomic mass is 9.82. The Balaban J connectivity index is 1.96. The first kappa shape index (κ1) is 12.2. The number of hydrogen-bond acceptors (Lipinski definition) is 2. The molecule has 5 heteroatoms. The van der Waals surface area contributed by atoms with Crippen molar-refractivity contribution in [3.05, 3.63) is 0 Å². The Hall–Kier alpha value is -1.26. The van der Waals surface area contributed by atoms with Crippen LogP contribution < -0.4 is 5.32 Å². The molecule has 1 saturated heterocycles. The summed E-state index contributed by atoms with van der Waals surface area (Å²) in [7, 11) is 0. The molecule has 0 aromatic carbocycles. The molecule has 2 rings (SSSR count). The molecule has 1 unspecified atom stereocenters. The van der Waals surface area contributed by atoms with Crippen LogP contribution >= 0.6 is 0 Å². The van der Waals surface area contributed by atoms with Crippen LogP contribution in [0.5, 0.6) is 0 Å². The smallest absolute Gasteiger partial charge is 0.329 e. The fourth-order valence-electron chi connectivity index (χ4n) is 2.78. The first-order valence-electron chi connectivity index (χ1n) is 6.25. The van der Waals surface area contributed by atoms with Crippen molar-refractivity contribution < 1.29 is 14.7 Å². The second-order valence-corrected chi connectivity index (χ2v) is 5.56. The van der Waals surface area contributed by atoms with E-state index in [9.17, 15) is 14.7 Å². The molecule has 0 bridgehead atoms. The monoisotopic (exact) mass is 240 g/mol. The number of carbonyl (C=O) groups excluding carboxylic acids is 1. The molecule has 17 heavy (non-hydrogen) atoms. The summed E-state index contributed by atoms with van der Waals surface area (Å²) in [6.07, 6.45) is 3.31. The van der Waals surface area contributed by atoms with Gasteiger partial charge < -0.3 is 15.3 Å². The van der Waals surface area contributed by atoms with Crippen LogP contribution in [0, 0.1) is 5.92 Å². The molecule has 5 nitrogen and oxygen atoms in total. The number of amides is 2. The highest BCUT2D eigenvalue weighted by Gasteiger charge is 2.46. The van der Waals surface area contributed by atoms with Gasteiger partial charge in [0, 0.05) is 12.6 Å². The maximum atomic E-state index is 12.0. The highest BCUT2D eigenvalue weighted by molar-refractivity contribution is 5.86. The largest absolute Gasteiger partial charge is 0.480 e. The Labute approximate surface area is 101 Å². The molecule has 0 aromatic heterocycles. The number of aliphatic carboxylic acids is 1. The second-order valence-electron chi connectivity index (χ2n) is 5.56. The fourth-order valence-corrected chi connectivity index (χ4v) is 2.78. The Morgan fingerprint density at radius 2 is 2.06 bits per heavy atom. The lowest BCUT2D eigenvalue weighted by molar-refractivity contribution is -0.147. The zero-order valence-corrected chi connectivity index (χ0v) is 10.4. The molecule has 0 spiro atoms. The van der Waals surface area contributed by atoms with Gasteiger partial charge in [-0.25, -0.2) is 9.59 Å². The van der Waals surface area contributed by atoms with Crippen LogP contribution in [0.25, 0.3) is 0 Å². The van der Waals surface area contributed by atoms with E-state index in [-0.39, 0.29) is 12.1 Å². The maximum Gasteiger partial charge on any atom is 0.329 e. The lowest BCUT2D eigenvalue weighted by Gasteiger charge is -2.37. The van der Waals surface area contributed by atoms with Crippen molar-refractivity contribution in [1.82, 2.24) is 10.2 Å². The number of hydrogen-bond donors (Lipinski definition) is 2. The highest BCUT2D eigenvalue weighted by Crippen LogP contribution is 2.31. The number of carboxylic acid groups (broad SMARTS) is 1. The fraction of sp³-hybridized carbons (Fsp3) is 0.833. The number of rotatable bonds is 2. The second kappa shape index (κ2) is 4.20. The normalized spacial score (nSPS) is 36.5. The van der Waals surface area contributed by atoms with Gasteiger partial charge in [0.05, 0.1) is 0 Å². The Morgan fingerprint density at radius 3 is 2.59 bits per heavy atom. The summed E-state index contributed by atoms with van der Waals surface area (Å²) < 4.78 is 0. The van der Waals surface area contributed by atoms with Gasteiger partial charge in [0.2, 0.25) is 0 Å². The van der Waals surface area contributed by atoms with E-state index in [0.717, 1.165) is 19.3 Å². The first-order valence-corrected chi connectivity index (χ1v) is 6.25. The van der Waals surface area contributed by atoms with E-state index in [1.165, 1.54) is 4.90 Å². The third kappa shape index (κ3) is 2.10. The molecule has 0 radical (unpaired) electrons. The molecular formula is C12H20N2O3. The molecule has 96 valence electrons. The van der Waals surface area contributed by atoms with E-state index in [1.807, 2.05) is 0 Å². The van der Waals surface area contributed by atoms with E-state index < -0.39 is 11.5 Å². The SMILES string of the molecule is CC1CC(NC(=O)N2CCCC2(C)C(=O)O)C1. The minimum Gasteiger partial charge on any atom is -0.480 e. The molecule has 1 aliphatic heterocycles. The van der Waals surface area contributed by atoms with Crippen LogP contribution in [0.3, 0.4) is 0 Å². The van der Waals surface area contributed by atoms with E-state index in [0.29, 0.717) is 18.9 Å². The lowest BCUT2D eigenvalue weighted by Crippen LogP contribution is -2.57. The van der Waals surface area contributed by atoms with Crippen molar-refractivity contribution in [3.63, 3.8) is 0 Å². The zero-order chi connectivity index (χ0) is 12.6. The van der Waals surface area contributed by atoms with E-state index >= 15 is 0 Å². The molecule has 2 aliphatic rings. The molecule has 1 heterocycles. The molecule has 1 atom stereocenters. The number of urea groups is 1. The van der Waals surface area contributed by atoms with Crippen LogP contribution in [0.4, 0.5) is 4.79 Å². The van der Waals surface area contributed by atoms with Crippen molar-refractivity contribution in [2.45, 2.75) is 51.1 Å². The van der Waals surface area contributed by atoms with Crippen LogP contribution in [0.1, 0.15) is 39.5 Å². The molecule has 2 fully saturated rings. The predicted octanol–water partition coefficient (Wildman–Crippen LogP) is 1.43. The van der Waals surface area contributed by atoms with Gasteiger partial charge in [-0.15, -0.1) is 0 Å². The van der Waals surface area contributed by atoms with Crippen molar-refractivity contribution >= 4 is 12.0 Å². The Bertz CT molecular complexity index is 339. The summed E-state index contributed by atoms with van der Waals surface area (Å²) in [5.41, 5.74) is -1.03. The third-order valence-corrected chi connectivity index (χ3v) is 4.05. The Morgan fingerprint density at radius 1 is 1.41 bits per heavy atom. The summed E-state index contributed by atoms with van der Waals surface area (Å²) in [5.74, 6) is -0.239.